The van der Waals surface area contributed by atoms with E-state index in [1.807, 2.05) is 45.1 Å². The zero-order chi connectivity index (χ0) is 29.9. The zero-order valence-corrected chi connectivity index (χ0v) is 24.7. The van der Waals surface area contributed by atoms with Crippen LogP contribution in [0.5, 0.6) is 17.2 Å². The third-order valence-electron chi connectivity index (χ3n) is 6.32. The van der Waals surface area contributed by atoms with Gasteiger partial charge in [-0.1, -0.05) is 13.5 Å². The van der Waals surface area contributed by atoms with Crippen LogP contribution in [0.3, 0.4) is 0 Å². The Balaban J connectivity index is 1.96. The van der Waals surface area contributed by atoms with Crippen molar-refractivity contribution in [3.8, 4) is 17.2 Å². The smallest absolute Gasteiger partial charge is 0.247 e. The van der Waals surface area contributed by atoms with Gasteiger partial charge in [0.25, 0.3) is 0 Å². The molecule has 0 aliphatic rings. The summed E-state index contributed by atoms with van der Waals surface area (Å²) in [4.78, 5) is 38.9. The fourth-order valence-electron chi connectivity index (χ4n) is 4.08. The first-order valence-corrected chi connectivity index (χ1v) is 13.4. The molecule has 10 nitrogen and oxygen atoms in total. The molecule has 0 aliphatic carbocycles. The summed E-state index contributed by atoms with van der Waals surface area (Å²) in [5.74, 6) is 1.46. The molecule has 1 heterocycles. The SMILES string of the molecule is C=CC(=O)Nc1cc(Cc2nccc(C(=O)c3ccc(OC)cc3OCCC)n2)c(OC)cc1N(C)CCN(C)C. The fraction of sp³-hybridized carbons (Fsp3) is 0.355. The minimum absolute atomic E-state index is 0.237. The van der Waals surface area contributed by atoms with Gasteiger partial charge in [-0.05, 0) is 50.9 Å². The molecule has 3 aromatic rings. The van der Waals surface area contributed by atoms with Crippen LogP contribution >= 0.6 is 0 Å². The number of carbonyl (C=O) groups is 2. The molecule has 0 saturated carbocycles. The summed E-state index contributed by atoms with van der Waals surface area (Å²) in [6, 6.07) is 10.4. The van der Waals surface area contributed by atoms with E-state index in [4.69, 9.17) is 14.2 Å². The quantitative estimate of drug-likeness (QED) is 0.216. The number of hydrogen-bond donors (Lipinski definition) is 1. The Bertz CT molecular complexity index is 1370. The number of amides is 1. The first-order chi connectivity index (χ1) is 19.7. The highest BCUT2D eigenvalue weighted by Crippen LogP contribution is 2.35. The number of methoxy groups -OCH3 is 2. The lowest BCUT2D eigenvalue weighted by molar-refractivity contribution is -0.111. The van der Waals surface area contributed by atoms with E-state index in [1.54, 1.807) is 44.7 Å². The van der Waals surface area contributed by atoms with Crippen LogP contribution in [0.15, 0.2) is 55.3 Å². The largest absolute Gasteiger partial charge is 0.497 e. The Hall–Kier alpha value is -4.44. The summed E-state index contributed by atoms with van der Waals surface area (Å²) in [7, 11) is 9.12. The third kappa shape index (κ3) is 8.28. The number of nitrogens with one attached hydrogen (secondary N) is 1. The lowest BCUT2D eigenvalue weighted by Crippen LogP contribution is -2.29. The van der Waals surface area contributed by atoms with Gasteiger partial charge in [-0.3, -0.25) is 9.59 Å². The lowest BCUT2D eigenvalue weighted by atomic mass is 10.0. The summed E-state index contributed by atoms with van der Waals surface area (Å²) >= 11 is 0. The van der Waals surface area contributed by atoms with Crippen molar-refractivity contribution in [2.75, 3.05) is 65.3 Å². The van der Waals surface area contributed by atoms with Crippen LogP contribution in [0.1, 0.15) is 40.8 Å². The van der Waals surface area contributed by atoms with E-state index in [2.05, 4.69) is 26.8 Å². The molecule has 41 heavy (non-hydrogen) atoms. The van der Waals surface area contributed by atoms with E-state index >= 15 is 0 Å². The summed E-state index contributed by atoms with van der Waals surface area (Å²) in [5, 5.41) is 2.90. The number of aromatic nitrogens is 2. The van der Waals surface area contributed by atoms with Gasteiger partial charge in [0.1, 0.15) is 28.8 Å². The van der Waals surface area contributed by atoms with E-state index in [0.29, 0.717) is 40.9 Å². The van der Waals surface area contributed by atoms with Crippen molar-refractivity contribution in [1.82, 2.24) is 14.9 Å². The van der Waals surface area contributed by atoms with Gasteiger partial charge in [0.05, 0.1) is 37.8 Å². The second-order valence-corrected chi connectivity index (χ2v) is 9.67. The predicted octanol–water partition coefficient (Wildman–Crippen LogP) is 4.23. The van der Waals surface area contributed by atoms with Gasteiger partial charge in [-0.2, -0.15) is 0 Å². The van der Waals surface area contributed by atoms with Crippen LogP contribution in [0, 0.1) is 0 Å². The monoisotopic (exact) mass is 561 g/mol. The average molecular weight is 562 g/mol. The molecule has 0 spiro atoms. The van der Waals surface area contributed by atoms with E-state index in [0.717, 1.165) is 30.8 Å². The molecule has 0 bridgehead atoms. The van der Waals surface area contributed by atoms with Crippen LogP contribution < -0.4 is 24.4 Å². The summed E-state index contributed by atoms with van der Waals surface area (Å²) in [6.45, 7) is 7.59. The molecule has 0 unspecified atom stereocenters. The van der Waals surface area contributed by atoms with E-state index in [9.17, 15) is 9.59 Å². The molecule has 218 valence electrons. The number of ketones is 1. The number of hydrogen-bond acceptors (Lipinski definition) is 9. The molecule has 3 rings (SSSR count). The van der Waals surface area contributed by atoms with E-state index in [1.165, 1.54) is 6.08 Å². The molecule has 0 saturated heterocycles. The molecular weight excluding hydrogens is 522 g/mol. The number of likely N-dealkylation sites (N-methyl/N-ethyl adjacent to an activating group) is 2. The van der Waals surface area contributed by atoms with Gasteiger partial charge in [0.2, 0.25) is 11.7 Å². The van der Waals surface area contributed by atoms with E-state index in [-0.39, 0.29) is 23.8 Å². The minimum atomic E-state index is -0.326. The Kier molecular flexibility index (Phi) is 11.2. The highest BCUT2D eigenvalue weighted by Gasteiger charge is 2.20. The van der Waals surface area contributed by atoms with Crippen LogP contribution in [-0.2, 0) is 11.2 Å². The standard InChI is InChI=1S/C31H39N5O5/c1-8-16-41-28-19-22(39-6)10-11-23(28)31(38)24-12-13-32-29(33-24)18-21-17-25(34-30(37)9-2)26(20-27(21)40-7)36(5)15-14-35(3)4/h9-13,17,19-20H,2,8,14-16,18H2,1,3-7H3,(H,34,37). The molecule has 0 fully saturated rings. The Morgan fingerprint density at radius 3 is 2.46 bits per heavy atom. The molecule has 0 radical (unpaired) electrons. The molecule has 0 aliphatic heterocycles. The molecule has 1 N–H and O–H groups in total. The molecule has 10 heteroatoms. The van der Waals surface area contributed by atoms with Crippen molar-refractivity contribution in [1.29, 1.82) is 0 Å². The van der Waals surface area contributed by atoms with Crippen molar-refractivity contribution < 1.29 is 23.8 Å². The molecule has 2 aromatic carbocycles. The van der Waals surface area contributed by atoms with Gasteiger partial charge in [-0.15, -0.1) is 0 Å². The third-order valence-corrected chi connectivity index (χ3v) is 6.32. The summed E-state index contributed by atoms with van der Waals surface area (Å²) in [6.07, 6.45) is 3.85. The highest BCUT2D eigenvalue weighted by molar-refractivity contribution is 6.09. The number of nitrogens with zero attached hydrogens (tertiary/aromatic N) is 4. The molecule has 1 aromatic heterocycles. The Morgan fingerprint density at radius 2 is 1.80 bits per heavy atom. The summed E-state index contributed by atoms with van der Waals surface area (Å²) in [5.41, 5.74) is 2.78. The second-order valence-electron chi connectivity index (χ2n) is 9.67. The molecule has 0 atom stereocenters. The normalized spacial score (nSPS) is 10.7. The van der Waals surface area contributed by atoms with Gasteiger partial charge in [-0.25, -0.2) is 9.97 Å². The topological polar surface area (TPSA) is 106 Å². The predicted molar refractivity (Wildman–Crippen MR) is 161 cm³/mol. The van der Waals surface area contributed by atoms with Crippen molar-refractivity contribution in [3.63, 3.8) is 0 Å². The van der Waals surface area contributed by atoms with Gasteiger partial charge < -0.3 is 29.3 Å². The number of carbonyl (C=O) groups excluding carboxylic acids is 2. The van der Waals surface area contributed by atoms with Crippen molar-refractivity contribution >= 4 is 23.1 Å². The second kappa shape index (κ2) is 14.8. The number of ether oxygens (including phenoxy) is 3. The fourth-order valence-corrected chi connectivity index (χ4v) is 4.08. The maximum Gasteiger partial charge on any atom is 0.247 e. The van der Waals surface area contributed by atoms with Crippen molar-refractivity contribution in [2.45, 2.75) is 19.8 Å². The number of anilines is 2. The minimum Gasteiger partial charge on any atom is -0.497 e. The van der Waals surface area contributed by atoms with Crippen LogP contribution in [0.25, 0.3) is 0 Å². The highest BCUT2D eigenvalue weighted by atomic mass is 16.5. The lowest BCUT2D eigenvalue weighted by Gasteiger charge is -2.25. The van der Waals surface area contributed by atoms with Gasteiger partial charge >= 0.3 is 0 Å². The zero-order valence-electron chi connectivity index (χ0n) is 24.7. The Labute approximate surface area is 242 Å². The van der Waals surface area contributed by atoms with Crippen LogP contribution in [-0.4, -0.2) is 81.6 Å². The Morgan fingerprint density at radius 1 is 1.02 bits per heavy atom. The first-order valence-electron chi connectivity index (χ1n) is 13.4. The average Bonchev–Trinajstić information content (AvgIpc) is 2.98. The number of benzene rings is 2. The molecule has 1 amide bonds. The van der Waals surface area contributed by atoms with Crippen molar-refractivity contribution in [2.24, 2.45) is 0 Å². The summed E-state index contributed by atoms with van der Waals surface area (Å²) < 4.78 is 16.9. The number of rotatable bonds is 15. The maximum atomic E-state index is 13.5. The van der Waals surface area contributed by atoms with Crippen LogP contribution in [0.4, 0.5) is 11.4 Å². The van der Waals surface area contributed by atoms with Gasteiger partial charge in [0.15, 0.2) is 0 Å². The first kappa shape index (κ1) is 31.1. The van der Waals surface area contributed by atoms with Crippen LogP contribution in [0.2, 0.25) is 0 Å². The maximum absolute atomic E-state index is 13.5. The van der Waals surface area contributed by atoms with E-state index < -0.39 is 0 Å². The van der Waals surface area contributed by atoms with Gasteiger partial charge in [0, 0.05) is 50.5 Å². The van der Waals surface area contributed by atoms with Crippen molar-refractivity contribution in [3.05, 3.63) is 77.9 Å². The molecular formula is C31H39N5O5.